The first-order chi connectivity index (χ1) is 25.9. The quantitative estimate of drug-likeness (QED) is 0.0939. The Labute approximate surface area is 342 Å². The minimum atomic E-state index is -4.89. The largest absolute Gasteiger partial charge is 1.00 e. The van der Waals surface area contributed by atoms with Gasteiger partial charge in [0.25, 0.3) is 0 Å². The predicted octanol–water partition coefficient (Wildman–Crippen LogP) is 8.08. The van der Waals surface area contributed by atoms with Crippen LogP contribution < -0.4 is 28.3 Å². The number of rotatable bonds is 11. The maximum Gasteiger partial charge on any atom is 1.00 e. The maximum atomic E-state index is 13.7. The Morgan fingerprint density at radius 1 is 0.754 bits per heavy atom. The van der Waals surface area contributed by atoms with E-state index in [2.05, 4.69) is 23.8 Å². The summed E-state index contributed by atoms with van der Waals surface area (Å²) in [6.45, 7) is 13.6. The average Bonchev–Trinajstić information content (AvgIpc) is 3.11. The Morgan fingerprint density at radius 2 is 1.21 bits per heavy atom. The number of halogens is 8. The number of carbonyl (C=O) groups excluding carboxylic acids is 1. The first kappa shape index (κ1) is 53.0. The van der Waals surface area contributed by atoms with Gasteiger partial charge in [0.1, 0.15) is 23.1 Å². The standard InChI is InChI=1S/C19H21F4NO2.C13H14F4O2.C6H7N.C4H9.Li/c1-17(2,15-10-13(20)7-8-16(15)26-3)12-18(25,19(21,22)23)11-14-6-4-5-9-24-14;1-12(2,7-11(18)13(15,16)17)9-6-8(14)4-5-10(9)19-3;1-6-4-2-3-5-7-6;1-3-4-2;/h4-10,25H,11-12H2,1-3H3;4-6H,7H2,1-3H3;2-5H,1H3;1,3-4H2,2H3;/q;;;-1;+1. The van der Waals surface area contributed by atoms with Gasteiger partial charge in [0.15, 0.2) is 5.60 Å². The predicted molar refractivity (Wildman–Crippen MR) is 200 cm³/mol. The summed E-state index contributed by atoms with van der Waals surface area (Å²) in [5, 5.41) is 10.5. The van der Waals surface area contributed by atoms with Crippen LogP contribution in [0.2, 0.25) is 0 Å². The molecule has 2 aromatic heterocycles. The molecule has 0 saturated heterocycles. The van der Waals surface area contributed by atoms with Crippen LogP contribution in [0.1, 0.15) is 82.8 Å². The number of hydrogen-bond donors (Lipinski definition) is 1. The molecule has 4 aromatic rings. The molecule has 0 aliphatic carbocycles. The number of unbranched alkanes of at least 4 members (excludes halogenated alkanes) is 1. The number of methoxy groups -OCH3 is 2. The van der Waals surface area contributed by atoms with Gasteiger partial charge in [-0.3, -0.25) is 14.8 Å². The van der Waals surface area contributed by atoms with Crippen molar-refractivity contribution in [2.24, 2.45) is 0 Å². The van der Waals surface area contributed by atoms with Crippen LogP contribution in [0, 0.1) is 25.5 Å². The van der Waals surface area contributed by atoms with Gasteiger partial charge in [-0.1, -0.05) is 53.2 Å². The number of ketones is 1. The van der Waals surface area contributed by atoms with Crippen molar-refractivity contribution in [3.05, 3.63) is 126 Å². The molecule has 310 valence electrons. The fraction of sp³-hybridized carbons (Fsp3) is 0.429. The van der Waals surface area contributed by atoms with Crippen LogP contribution >= 0.6 is 0 Å². The van der Waals surface area contributed by atoms with Crippen molar-refractivity contribution in [3.8, 4) is 11.5 Å². The Balaban J connectivity index is 0.000000878. The number of aliphatic hydroxyl groups is 1. The number of nitrogens with zero attached hydrogens (tertiary/aromatic N) is 2. The second-order valence-electron chi connectivity index (χ2n) is 14.1. The molecule has 0 aliphatic rings. The summed E-state index contributed by atoms with van der Waals surface area (Å²) < 4.78 is 115. The normalized spacial score (nSPS) is 12.5. The van der Waals surface area contributed by atoms with E-state index >= 15 is 0 Å². The molecule has 0 bridgehead atoms. The van der Waals surface area contributed by atoms with Gasteiger partial charge < -0.3 is 21.5 Å². The number of hydrogen-bond acceptors (Lipinski definition) is 6. The van der Waals surface area contributed by atoms with Gasteiger partial charge in [-0.15, -0.1) is 0 Å². The van der Waals surface area contributed by atoms with Crippen molar-refractivity contribution < 1.29 is 73.4 Å². The van der Waals surface area contributed by atoms with E-state index < -0.39 is 65.5 Å². The number of pyridine rings is 2. The smallest absolute Gasteiger partial charge is 0.496 e. The number of carbonyl (C=O) groups is 1. The molecule has 1 unspecified atom stereocenters. The topological polar surface area (TPSA) is 81.5 Å². The van der Waals surface area contributed by atoms with E-state index in [1.54, 1.807) is 18.3 Å². The molecule has 2 aromatic carbocycles. The minimum absolute atomic E-state index is 0. The number of aryl methyl sites for hydroxylation is 1. The molecule has 1 atom stereocenters. The van der Waals surface area contributed by atoms with Crippen LogP contribution in [0.4, 0.5) is 35.1 Å². The van der Waals surface area contributed by atoms with Crippen molar-refractivity contribution in [2.75, 3.05) is 14.2 Å². The summed E-state index contributed by atoms with van der Waals surface area (Å²) in [7, 11) is 2.69. The minimum Gasteiger partial charge on any atom is -0.496 e. The SMILES string of the molecule is COc1ccc(F)cc1C(C)(C)CC(=O)C(F)(F)F.COc1ccc(F)cc1C(C)(C)CC(O)(Cc1ccccn1)C(F)(F)F.Cc1ccccn1.[CH2-]CCC.[Li+]. The van der Waals surface area contributed by atoms with E-state index in [1.165, 1.54) is 78.8 Å². The Morgan fingerprint density at radius 3 is 1.54 bits per heavy atom. The zero-order valence-corrected chi connectivity index (χ0v) is 33.9. The number of Topliss-reactive ketones (excluding diaryl/α,β-unsaturated/α-hetero) is 1. The number of ether oxygens (including phenoxy) is 2. The van der Waals surface area contributed by atoms with Gasteiger partial charge in [-0.25, -0.2) is 8.78 Å². The van der Waals surface area contributed by atoms with Gasteiger partial charge in [-0.2, -0.15) is 32.8 Å². The molecule has 0 saturated carbocycles. The van der Waals surface area contributed by atoms with Crippen LogP contribution in [0.5, 0.6) is 11.5 Å². The second kappa shape index (κ2) is 23.4. The molecule has 0 aliphatic heterocycles. The van der Waals surface area contributed by atoms with Crippen molar-refractivity contribution in [3.63, 3.8) is 0 Å². The molecule has 6 nitrogen and oxygen atoms in total. The molecule has 1 N–H and O–H groups in total. The van der Waals surface area contributed by atoms with Crippen LogP contribution in [0.25, 0.3) is 0 Å². The summed E-state index contributed by atoms with van der Waals surface area (Å²) in [5.74, 6) is -2.51. The molecule has 4 rings (SSSR count). The first-order valence-corrected chi connectivity index (χ1v) is 17.5. The summed E-state index contributed by atoms with van der Waals surface area (Å²) in [5.41, 5.74) is -3.75. The van der Waals surface area contributed by atoms with E-state index in [9.17, 15) is 45.0 Å². The monoisotopic (exact) mass is 806 g/mol. The molecule has 0 spiro atoms. The third-order valence-corrected chi connectivity index (χ3v) is 8.33. The number of alkyl halides is 6. The zero-order chi connectivity index (χ0) is 43.0. The molecule has 2 heterocycles. The van der Waals surface area contributed by atoms with Crippen LogP contribution in [0.3, 0.4) is 0 Å². The molecule has 57 heavy (non-hydrogen) atoms. The summed E-state index contributed by atoms with van der Waals surface area (Å²) in [6, 6.07) is 17.6. The van der Waals surface area contributed by atoms with Crippen molar-refractivity contribution in [2.45, 2.75) is 102 Å². The number of aromatic nitrogens is 2. The zero-order valence-electron chi connectivity index (χ0n) is 33.9. The van der Waals surface area contributed by atoms with Gasteiger partial charge in [0.05, 0.1) is 14.2 Å². The van der Waals surface area contributed by atoms with Gasteiger partial charge in [0.2, 0.25) is 5.78 Å². The molecular weight excluding hydrogens is 755 g/mol. The van der Waals surface area contributed by atoms with Crippen LogP contribution in [0.15, 0.2) is 85.2 Å². The third kappa shape index (κ3) is 17.6. The van der Waals surface area contributed by atoms with E-state index in [-0.39, 0.29) is 47.2 Å². The average molecular weight is 807 g/mol. The van der Waals surface area contributed by atoms with Crippen LogP contribution in [-0.4, -0.2) is 53.0 Å². The Bertz CT molecular complexity index is 1770. The fourth-order valence-electron chi connectivity index (χ4n) is 5.35. The maximum absolute atomic E-state index is 13.7. The van der Waals surface area contributed by atoms with Gasteiger partial charge in [0, 0.05) is 53.2 Å². The molecular formula is C42H51F8LiN2O4. The number of benzene rings is 2. The fourth-order valence-corrected chi connectivity index (χ4v) is 5.35. The third-order valence-electron chi connectivity index (χ3n) is 8.33. The van der Waals surface area contributed by atoms with E-state index in [0.717, 1.165) is 30.3 Å². The summed E-state index contributed by atoms with van der Waals surface area (Å²) >= 11 is 0. The Kier molecular flexibility index (Phi) is 21.8. The van der Waals surface area contributed by atoms with Crippen molar-refractivity contribution >= 4 is 5.78 Å². The summed E-state index contributed by atoms with van der Waals surface area (Å²) in [6.07, 6.45) is -6.49. The molecule has 0 fully saturated rings. The van der Waals surface area contributed by atoms with Crippen molar-refractivity contribution in [1.29, 1.82) is 0 Å². The molecule has 15 heteroatoms. The summed E-state index contributed by atoms with van der Waals surface area (Å²) in [4.78, 5) is 18.9. The van der Waals surface area contributed by atoms with E-state index in [1.807, 2.05) is 25.1 Å². The molecule has 0 amide bonds. The van der Waals surface area contributed by atoms with E-state index in [4.69, 9.17) is 9.47 Å². The van der Waals surface area contributed by atoms with Crippen LogP contribution in [-0.2, 0) is 22.0 Å². The Hall–Kier alpha value is -3.99. The van der Waals surface area contributed by atoms with Gasteiger partial charge in [-0.05, 0) is 79.4 Å². The second-order valence-corrected chi connectivity index (χ2v) is 14.1. The first-order valence-electron chi connectivity index (χ1n) is 17.5. The van der Waals surface area contributed by atoms with Crippen molar-refractivity contribution in [1.82, 2.24) is 9.97 Å². The van der Waals surface area contributed by atoms with Gasteiger partial charge >= 0.3 is 31.2 Å². The molecule has 0 radical (unpaired) electrons. The van der Waals surface area contributed by atoms with E-state index in [0.29, 0.717) is 0 Å².